The molecule has 0 radical (unpaired) electrons. The van der Waals surface area contributed by atoms with Crippen molar-refractivity contribution in [1.82, 2.24) is 9.88 Å². The first-order chi connectivity index (χ1) is 12.0. The predicted octanol–water partition coefficient (Wildman–Crippen LogP) is 3.82. The maximum absolute atomic E-state index is 13.1. The van der Waals surface area contributed by atoms with Crippen LogP contribution in [0.2, 0.25) is 0 Å². The van der Waals surface area contributed by atoms with Gasteiger partial charge >= 0.3 is 0 Å². The number of rotatable bonds is 4. The average molecular weight is 338 g/mol. The van der Waals surface area contributed by atoms with Crippen molar-refractivity contribution in [2.75, 3.05) is 13.1 Å². The third-order valence-electron chi connectivity index (χ3n) is 5.09. The minimum atomic E-state index is -0.605. The van der Waals surface area contributed by atoms with Crippen LogP contribution in [0.4, 0.5) is 0 Å². The second kappa shape index (κ2) is 7.36. The standard InChI is InChI=1S/C21H26N2O2/c1-3-8-21(25)9-13-23(14-10-21)20(24)19-15-16(2)4-5-18(19)17-6-11-22-12-7-17/h4-7,11-12,15,25H,3,8-10,13-14H2,1-2H3. The molecule has 4 nitrogen and oxygen atoms in total. The van der Waals surface area contributed by atoms with E-state index in [-0.39, 0.29) is 5.91 Å². The molecule has 1 amide bonds. The minimum absolute atomic E-state index is 0.0501. The van der Waals surface area contributed by atoms with Gasteiger partial charge in [-0.1, -0.05) is 31.0 Å². The molecule has 1 saturated heterocycles. The normalized spacial score (nSPS) is 16.7. The Labute approximate surface area is 149 Å². The van der Waals surface area contributed by atoms with Gasteiger partial charge in [0, 0.05) is 31.0 Å². The molecule has 0 bridgehead atoms. The third-order valence-corrected chi connectivity index (χ3v) is 5.09. The molecule has 1 aromatic carbocycles. The molecule has 1 N–H and O–H groups in total. The van der Waals surface area contributed by atoms with E-state index in [9.17, 15) is 9.90 Å². The zero-order valence-corrected chi connectivity index (χ0v) is 15.0. The summed E-state index contributed by atoms with van der Waals surface area (Å²) in [6.45, 7) is 5.31. The molecule has 25 heavy (non-hydrogen) atoms. The Morgan fingerprint density at radius 1 is 1.20 bits per heavy atom. The minimum Gasteiger partial charge on any atom is -0.390 e. The monoisotopic (exact) mass is 338 g/mol. The molecule has 1 aliphatic rings. The first-order valence-corrected chi connectivity index (χ1v) is 9.05. The summed E-state index contributed by atoms with van der Waals surface area (Å²) in [6.07, 6.45) is 6.58. The van der Waals surface area contributed by atoms with Gasteiger partial charge in [-0.15, -0.1) is 0 Å². The molecule has 1 fully saturated rings. The summed E-state index contributed by atoms with van der Waals surface area (Å²) in [6, 6.07) is 9.86. The van der Waals surface area contributed by atoms with Crippen LogP contribution in [0.5, 0.6) is 0 Å². The van der Waals surface area contributed by atoms with Gasteiger partial charge < -0.3 is 10.0 Å². The summed E-state index contributed by atoms with van der Waals surface area (Å²) in [7, 11) is 0. The van der Waals surface area contributed by atoms with Crippen LogP contribution in [0.3, 0.4) is 0 Å². The van der Waals surface area contributed by atoms with E-state index in [1.165, 1.54) is 0 Å². The highest BCUT2D eigenvalue weighted by Crippen LogP contribution is 2.30. The number of aromatic nitrogens is 1. The molecular weight excluding hydrogens is 312 g/mol. The van der Waals surface area contributed by atoms with Crippen molar-refractivity contribution in [1.29, 1.82) is 0 Å². The largest absolute Gasteiger partial charge is 0.390 e. The fraction of sp³-hybridized carbons (Fsp3) is 0.429. The number of carbonyl (C=O) groups is 1. The first-order valence-electron chi connectivity index (χ1n) is 9.05. The lowest BCUT2D eigenvalue weighted by molar-refractivity contribution is -0.0233. The van der Waals surface area contributed by atoms with Crippen LogP contribution in [0, 0.1) is 6.92 Å². The number of nitrogens with zero attached hydrogens (tertiary/aromatic N) is 2. The number of benzene rings is 1. The van der Waals surface area contributed by atoms with E-state index < -0.39 is 5.60 Å². The number of likely N-dealkylation sites (tertiary alicyclic amines) is 1. The third kappa shape index (κ3) is 3.90. The Hall–Kier alpha value is -2.20. The van der Waals surface area contributed by atoms with Crippen molar-refractivity contribution in [3.8, 4) is 11.1 Å². The Kier molecular flexibility index (Phi) is 5.19. The summed E-state index contributed by atoms with van der Waals surface area (Å²) < 4.78 is 0. The lowest BCUT2D eigenvalue weighted by Crippen LogP contribution is -2.46. The molecule has 0 spiro atoms. The summed E-state index contributed by atoms with van der Waals surface area (Å²) >= 11 is 0. The Morgan fingerprint density at radius 3 is 2.52 bits per heavy atom. The van der Waals surface area contributed by atoms with E-state index in [4.69, 9.17) is 0 Å². The van der Waals surface area contributed by atoms with Gasteiger partial charge in [-0.2, -0.15) is 0 Å². The van der Waals surface area contributed by atoms with Crippen molar-refractivity contribution in [3.05, 3.63) is 53.9 Å². The van der Waals surface area contributed by atoms with Crippen molar-refractivity contribution in [2.24, 2.45) is 0 Å². The van der Waals surface area contributed by atoms with Crippen LogP contribution in [-0.4, -0.2) is 39.6 Å². The summed E-state index contributed by atoms with van der Waals surface area (Å²) in [5.41, 5.74) is 3.13. The van der Waals surface area contributed by atoms with Crippen LogP contribution in [-0.2, 0) is 0 Å². The van der Waals surface area contributed by atoms with Crippen molar-refractivity contribution in [2.45, 2.75) is 45.1 Å². The van der Waals surface area contributed by atoms with Crippen LogP contribution in [0.1, 0.15) is 48.5 Å². The Morgan fingerprint density at radius 2 is 1.88 bits per heavy atom. The number of hydrogen-bond acceptors (Lipinski definition) is 3. The van der Waals surface area contributed by atoms with Gasteiger partial charge in [-0.05, 0) is 55.5 Å². The van der Waals surface area contributed by atoms with Crippen LogP contribution in [0.15, 0.2) is 42.7 Å². The first kappa shape index (κ1) is 17.6. The highest BCUT2D eigenvalue weighted by atomic mass is 16.3. The number of carbonyl (C=O) groups excluding carboxylic acids is 1. The maximum Gasteiger partial charge on any atom is 0.254 e. The smallest absolute Gasteiger partial charge is 0.254 e. The Bertz CT molecular complexity index is 735. The number of pyridine rings is 1. The molecule has 0 atom stereocenters. The average Bonchev–Trinajstić information content (AvgIpc) is 2.62. The molecule has 1 aliphatic heterocycles. The van der Waals surface area contributed by atoms with E-state index in [0.29, 0.717) is 25.9 Å². The molecule has 2 aromatic rings. The van der Waals surface area contributed by atoms with Crippen molar-refractivity contribution in [3.63, 3.8) is 0 Å². The summed E-state index contributed by atoms with van der Waals surface area (Å²) in [5, 5.41) is 10.6. The fourth-order valence-corrected chi connectivity index (χ4v) is 3.63. The zero-order chi connectivity index (χ0) is 17.9. The zero-order valence-electron chi connectivity index (χ0n) is 15.0. The SMILES string of the molecule is CCCC1(O)CCN(C(=O)c2cc(C)ccc2-c2ccncc2)CC1. The number of piperidine rings is 1. The van der Waals surface area contributed by atoms with Gasteiger partial charge in [-0.25, -0.2) is 0 Å². The van der Waals surface area contributed by atoms with Crippen molar-refractivity contribution < 1.29 is 9.90 Å². The van der Waals surface area contributed by atoms with Crippen molar-refractivity contribution >= 4 is 5.91 Å². The van der Waals surface area contributed by atoms with E-state index >= 15 is 0 Å². The van der Waals surface area contributed by atoms with E-state index in [1.807, 2.05) is 42.2 Å². The topological polar surface area (TPSA) is 53.4 Å². The van der Waals surface area contributed by atoms with E-state index in [2.05, 4.69) is 11.9 Å². The van der Waals surface area contributed by atoms with Crippen LogP contribution < -0.4 is 0 Å². The van der Waals surface area contributed by atoms with Gasteiger partial charge in [0.2, 0.25) is 0 Å². The number of aliphatic hydroxyl groups is 1. The quantitative estimate of drug-likeness (QED) is 0.922. The van der Waals surface area contributed by atoms with Crippen LogP contribution in [0.25, 0.3) is 11.1 Å². The molecule has 4 heteroatoms. The molecule has 0 unspecified atom stereocenters. The lowest BCUT2D eigenvalue weighted by atomic mass is 9.87. The molecule has 1 aromatic heterocycles. The van der Waals surface area contributed by atoms with Gasteiger partial charge in [-0.3, -0.25) is 9.78 Å². The van der Waals surface area contributed by atoms with E-state index in [0.717, 1.165) is 35.1 Å². The number of aryl methyl sites for hydroxylation is 1. The maximum atomic E-state index is 13.1. The fourth-order valence-electron chi connectivity index (χ4n) is 3.63. The Balaban J connectivity index is 1.85. The second-order valence-corrected chi connectivity index (χ2v) is 7.05. The van der Waals surface area contributed by atoms with Crippen LogP contribution >= 0.6 is 0 Å². The van der Waals surface area contributed by atoms with Gasteiger partial charge in [0.1, 0.15) is 0 Å². The lowest BCUT2D eigenvalue weighted by Gasteiger charge is -2.38. The summed E-state index contributed by atoms with van der Waals surface area (Å²) in [5.74, 6) is 0.0501. The molecule has 2 heterocycles. The second-order valence-electron chi connectivity index (χ2n) is 7.05. The molecule has 132 valence electrons. The molecule has 3 rings (SSSR count). The van der Waals surface area contributed by atoms with Gasteiger partial charge in [0.15, 0.2) is 0 Å². The van der Waals surface area contributed by atoms with Gasteiger partial charge in [0.25, 0.3) is 5.91 Å². The number of hydrogen-bond donors (Lipinski definition) is 1. The van der Waals surface area contributed by atoms with E-state index in [1.54, 1.807) is 12.4 Å². The molecular formula is C21H26N2O2. The van der Waals surface area contributed by atoms with Gasteiger partial charge in [0.05, 0.1) is 5.60 Å². The highest BCUT2D eigenvalue weighted by Gasteiger charge is 2.33. The molecule has 0 saturated carbocycles. The number of amides is 1. The molecule has 0 aliphatic carbocycles. The highest BCUT2D eigenvalue weighted by molar-refractivity contribution is 6.01. The predicted molar refractivity (Wildman–Crippen MR) is 99.4 cm³/mol. The summed E-state index contributed by atoms with van der Waals surface area (Å²) in [4.78, 5) is 19.1.